The zero-order valence-electron chi connectivity index (χ0n) is 8.54. The van der Waals surface area contributed by atoms with E-state index >= 15 is 0 Å². The summed E-state index contributed by atoms with van der Waals surface area (Å²) < 4.78 is 5.45. The molecule has 14 heavy (non-hydrogen) atoms. The minimum atomic E-state index is 0.0133. The van der Waals surface area contributed by atoms with Crippen LogP contribution in [0.2, 0.25) is 0 Å². The minimum Gasteiger partial charge on any atom is -0.381 e. The van der Waals surface area contributed by atoms with E-state index < -0.39 is 0 Å². The van der Waals surface area contributed by atoms with Crippen LogP contribution in [0, 0.1) is 34.5 Å². The molecule has 2 saturated carbocycles. The molecule has 4 atom stereocenters. The van der Waals surface area contributed by atoms with Gasteiger partial charge >= 0.3 is 0 Å². The molecule has 1 saturated heterocycles. The Morgan fingerprint density at radius 2 is 2.14 bits per heavy atom. The first-order chi connectivity index (χ1) is 6.85. The summed E-state index contributed by atoms with van der Waals surface area (Å²) >= 11 is 0. The van der Waals surface area contributed by atoms with Crippen molar-refractivity contribution >= 4 is 0 Å². The van der Waals surface area contributed by atoms with Crippen molar-refractivity contribution in [2.24, 2.45) is 23.2 Å². The second-order valence-electron chi connectivity index (χ2n) is 5.29. The van der Waals surface area contributed by atoms with E-state index in [0.29, 0.717) is 11.8 Å². The van der Waals surface area contributed by atoms with Crippen LogP contribution >= 0.6 is 0 Å². The normalized spacial score (nSPS) is 50.9. The van der Waals surface area contributed by atoms with Crippen LogP contribution in [0.4, 0.5) is 0 Å². The average molecular weight is 191 g/mol. The highest BCUT2D eigenvalue weighted by molar-refractivity contribution is 5.14. The van der Waals surface area contributed by atoms with Crippen LogP contribution in [0.5, 0.6) is 0 Å². The van der Waals surface area contributed by atoms with E-state index in [1.165, 1.54) is 25.7 Å². The number of rotatable bonds is 1. The van der Waals surface area contributed by atoms with E-state index in [2.05, 4.69) is 6.07 Å². The Balaban J connectivity index is 1.88. The molecule has 0 radical (unpaired) electrons. The van der Waals surface area contributed by atoms with Crippen LogP contribution in [0.1, 0.15) is 32.1 Å². The lowest BCUT2D eigenvalue weighted by Crippen LogP contribution is -2.35. The molecule has 2 bridgehead atoms. The van der Waals surface area contributed by atoms with Crippen molar-refractivity contribution in [2.75, 3.05) is 13.2 Å². The maximum Gasteiger partial charge on any atom is 0.0696 e. The van der Waals surface area contributed by atoms with Crippen molar-refractivity contribution in [3.8, 4) is 6.07 Å². The molecule has 2 aliphatic carbocycles. The lowest BCUT2D eigenvalue weighted by Gasteiger charge is -2.35. The highest BCUT2D eigenvalue weighted by Crippen LogP contribution is 2.60. The lowest BCUT2D eigenvalue weighted by molar-refractivity contribution is 0.111. The predicted octanol–water partition coefficient (Wildman–Crippen LogP) is 2.35. The van der Waals surface area contributed by atoms with Gasteiger partial charge in [-0.05, 0) is 37.5 Å². The molecule has 2 nitrogen and oxygen atoms in total. The first-order valence-electron chi connectivity index (χ1n) is 5.84. The van der Waals surface area contributed by atoms with E-state index in [1.54, 1.807) is 0 Å². The van der Waals surface area contributed by atoms with Gasteiger partial charge in [-0.1, -0.05) is 6.42 Å². The SMILES string of the molecule is N#CC1(C2CCOC2)CC2CCC1C2. The summed E-state index contributed by atoms with van der Waals surface area (Å²) in [6, 6.07) is 2.67. The van der Waals surface area contributed by atoms with Gasteiger partial charge in [-0.25, -0.2) is 0 Å². The molecule has 1 aliphatic heterocycles. The summed E-state index contributed by atoms with van der Waals surface area (Å²) in [5.41, 5.74) is 0.0133. The number of ether oxygens (including phenoxy) is 1. The van der Waals surface area contributed by atoms with Crippen LogP contribution in [0.15, 0.2) is 0 Å². The highest BCUT2D eigenvalue weighted by atomic mass is 16.5. The number of hydrogen-bond acceptors (Lipinski definition) is 2. The Labute approximate surface area is 85.2 Å². The lowest BCUT2D eigenvalue weighted by atomic mass is 9.65. The summed E-state index contributed by atoms with van der Waals surface area (Å²) in [6.45, 7) is 1.72. The quantitative estimate of drug-likeness (QED) is 0.637. The third-order valence-electron chi connectivity index (χ3n) is 4.76. The van der Waals surface area contributed by atoms with Gasteiger partial charge in [0.15, 0.2) is 0 Å². The van der Waals surface area contributed by atoms with Crippen LogP contribution in [-0.4, -0.2) is 13.2 Å². The fourth-order valence-electron chi connectivity index (χ4n) is 4.04. The molecule has 3 rings (SSSR count). The van der Waals surface area contributed by atoms with E-state index in [1.807, 2.05) is 0 Å². The first-order valence-corrected chi connectivity index (χ1v) is 5.84. The third-order valence-corrected chi connectivity index (χ3v) is 4.76. The van der Waals surface area contributed by atoms with Crippen molar-refractivity contribution in [1.29, 1.82) is 5.26 Å². The van der Waals surface area contributed by atoms with Gasteiger partial charge in [-0.15, -0.1) is 0 Å². The molecule has 0 N–H and O–H groups in total. The zero-order chi connectivity index (χ0) is 9.60. The number of nitriles is 1. The van der Waals surface area contributed by atoms with Gasteiger partial charge in [-0.2, -0.15) is 5.26 Å². The molecule has 1 heterocycles. The Kier molecular flexibility index (Phi) is 1.85. The fraction of sp³-hybridized carbons (Fsp3) is 0.917. The summed E-state index contributed by atoms with van der Waals surface area (Å²) in [7, 11) is 0. The Morgan fingerprint density at radius 3 is 2.64 bits per heavy atom. The maximum atomic E-state index is 9.49. The molecule has 3 aliphatic rings. The molecule has 3 fully saturated rings. The zero-order valence-corrected chi connectivity index (χ0v) is 8.54. The van der Waals surface area contributed by atoms with Crippen LogP contribution in [0.3, 0.4) is 0 Å². The summed E-state index contributed by atoms with van der Waals surface area (Å²) in [5, 5.41) is 9.49. The van der Waals surface area contributed by atoms with E-state index in [4.69, 9.17) is 4.74 Å². The van der Waals surface area contributed by atoms with Crippen LogP contribution < -0.4 is 0 Å². The van der Waals surface area contributed by atoms with Gasteiger partial charge < -0.3 is 4.74 Å². The second kappa shape index (κ2) is 2.97. The molecule has 4 unspecified atom stereocenters. The standard InChI is InChI=1S/C12H17NO/c13-8-12(11-3-4-14-7-11)6-9-1-2-10(12)5-9/h9-11H,1-7H2. The minimum absolute atomic E-state index is 0.0133. The monoisotopic (exact) mass is 191 g/mol. The molecular weight excluding hydrogens is 174 g/mol. The third kappa shape index (κ3) is 0.995. The van der Waals surface area contributed by atoms with Gasteiger partial charge in [0.2, 0.25) is 0 Å². The highest BCUT2D eigenvalue weighted by Gasteiger charge is 2.55. The Morgan fingerprint density at radius 1 is 1.21 bits per heavy atom. The number of fused-ring (bicyclic) bond motifs is 2. The van der Waals surface area contributed by atoms with Gasteiger partial charge in [0.1, 0.15) is 0 Å². The molecular formula is C12H17NO. The van der Waals surface area contributed by atoms with Crippen molar-refractivity contribution in [3.05, 3.63) is 0 Å². The van der Waals surface area contributed by atoms with Gasteiger partial charge in [0.25, 0.3) is 0 Å². The van der Waals surface area contributed by atoms with E-state index in [-0.39, 0.29) is 5.41 Å². The van der Waals surface area contributed by atoms with Crippen molar-refractivity contribution < 1.29 is 4.74 Å². The van der Waals surface area contributed by atoms with Crippen molar-refractivity contribution in [3.63, 3.8) is 0 Å². The molecule has 0 aromatic carbocycles. The summed E-state index contributed by atoms with van der Waals surface area (Å²) in [4.78, 5) is 0. The van der Waals surface area contributed by atoms with Crippen molar-refractivity contribution in [1.82, 2.24) is 0 Å². The first kappa shape index (κ1) is 8.73. The van der Waals surface area contributed by atoms with Crippen LogP contribution in [-0.2, 0) is 4.74 Å². The number of hydrogen-bond donors (Lipinski definition) is 0. The largest absolute Gasteiger partial charge is 0.381 e. The summed E-state index contributed by atoms with van der Waals surface area (Å²) in [6.07, 6.45) is 6.29. The molecule has 0 amide bonds. The van der Waals surface area contributed by atoms with Gasteiger partial charge in [0.05, 0.1) is 18.1 Å². The smallest absolute Gasteiger partial charge is 0.0696 e. The predicted molar refractivity (Wildman–Crippen MR) is 52.4 cm³/mol. The molecule has 2 heteroatoms. The topological polar surface area (TPSA) is 33.0 Å². The second-order valence-corrected chi connectivity index (χ2v) is 5.29. The number of nitrogens with zero attached hydrogens (tertiary/aromatic N) is 1. The van der Waals surface area contributed by atoms with Gasteiger partial charge in [0, 0.05) is 12.5 Å². The summed E-state index contributed by atoms with van der Waals surface area (Å²) in [5.74, 6) is 2.10. The Hall–Kier alpha value is -0.550. The molecule has 0 aromatic rings. The Bertz CT molecular complexity index is 277. The maximum absolute atomic E-state index is 9.49. The van der Waals surface area contributed by atoms with Crippen LogP contribution in [0.25, 0.3) is 0 Å². The van der Waals surface area contributed by atoms with Crippen molar-refractivity contribution in [2.45, 2.75) is 32.1 Å². The van der Waals surface area contributed by atoms with E-state index in [9.17, 15) is 5.26 Å². The average Bonchev–Trinajstić information content (AvgIpc) is 2.93. The molecule has 76 valence electrons. The fourth-order valence-corrected chi connectivity index (χ4v) is 4.04. The van der Waals surface area contributed by atoms with E-state index in [0.717, 1.165) is 25.6 Å². The van der Waals surface area contributed by atoms with Gasteiger partial charge in [-0.3, -0.25) is 0 Å². The molecule has 0 spiro atoms. The molecule has 0 aromatic heterocycles.